The summed E-state index contributed by atoms with van der Waals surface area (Å²) in [6.45, 7) is 1.99. The second-order valence-electron chi connectivity index (χ2n) is 2.77. The van der Waals surface area contributed by atoms with Gasteiger partial charge in [0, 0.05) is 28.5 Å². The Morgan fingerprint density at radius 1 is 1.54 bits per heavy atom. The molecule has 0 aliphatic heterocycles. The molecule has 0 aliphatic carbocycles. The molecule has 0 unspecified atom stereocenters. The molecule has 0 aromatic heterocycles. The molecule has 13 heavy (non-hydrogen) atoms. The number of hydrogen-bond acceptors (Lipinski definition) is 2. The van der Waals surface area contributed by atoms with Crippen LogP contribution in [0.3, 0.4) is 0 Å². The van der Waals surface area contributed by atoms with Crippen LogP contribution in [0.5, 0.6) is 0 Å². The van der Waals surface area contributed by atoms with Gasteiger partial charge in [0.05, 0.1) is 0 Å². The number of rotatable bonds is 3. The number of halogens is 1. The van der Waals surface area contributed by atoms with Crippen molar-refractivity contribution in [3.8, 4) is 0 Å². The van der Waals surface area contributed by atoms with Gasteiger partial charge in [0.15, 0.2) is 0 Å². The summed E-state index contributed by atoms with van der Waals surface area (Å²) in [7, 11) is 1.87. The van der Waals surface area contributed by atoms with Crippen LogP contribution in [0, 0.1) is 5.41 Å². The van der Waals surface area contributed by atoms with Crippen molar-refractivity contribution in [3.63, 3.8) is 0 Å². The van der Waals surface area contributed by atoms with Crippen LogP contribution < -0.4 is 5.32 Å². The lowest BCUT2D eigenvalue weighted by atomic mass is 10.1. The predicted molar refractivity (Wildman–Crippen MR) is 60.8 cm³/mol. The van der Waals surface area contributed by atoms with Gasteiger partial charge in [-0.25, -0.2) is 0 Å². The first-order chi connectivity index (χ1) is 6.19. The Labute approximate surface area is 87.0 Å². The zero-order valence-electron chi connectivity index (χ0n) is 7.82. The molecule has 2 nitrogen and oxygen atoms in total. The summed E-state index contributed by atoms with van der Waals surface area (Å²) < 4.78 is 1.01. The van der Waals surface area contributed by atoms with Crippen LogP contribution in [0.2, 0.25) is 0 Å². The summed E-state index contributed by atoms with van der Waals surface area (Å²) in [6, 6.07) is 5.92. The van der Waals surface area contributed by atoms with Gasteiger partial charge in [-0.3, -0.25) is 0 Å². The van der Waals surface area contributed by atoms with Gasteiger partial charge in [-0.05, 0) is 24.6 Å². The molecule has 0 saturated carbocycles. The highest BCUT2D eigenvalue weighted by Gasteiger charge is 2.05. The molecule has 0 heterocycles. The third kappa shape index (κ3) is 2.31. The van der Waals surface area contributed by atoms with Crippen LogP contribution in [-0.2, 0) is 0 Å². The average Bonchev–Trinajstić information content (AvgIpc) is 2.16. The summed E-state index contributed by atoms with van der Waals surface area (Å²) in [6.07, 6.45) is 0.755. The Kier molecular flexibility index (Phi) is 3.48. The lowest BCUT2D eigenvalue weighted by Crippen LogP contribution is -2.02. The summed E-state index contributed by atoms with van der Waals surface area (Å²) in [5.41, 5.74) is 2.64. The maximum Gasteiger partial charge on any atom is 0.0430 e. The van der Waals surface area contributed by atoms with Gasteiger partial charge < -0.3 is 10.7 Å². The predicted octanol–water partition coefficient (Wildman–Crippen LogP) is 3.27. The van der Waals surface area contributed by atoms with E-state index in [1.165, 1.54) is 0 Å². The van der Waals surface area contributed by atoms with Crippen molar-refractivity contribution in [2.45, 2.75) is 13.3 Å². The van der Waals surface area contributed by atoms with Crippen molar-refractivity contribution in [1.29, 1.82) is 5.41 Å². The highest BCUT2D eigenvalue weighted by atomic mass is 79.9. The average molecular weight is 241 g/mol. The molecule has 1 aromatic rings. The van der Waals surface area contributed by atoms with Crippen molar-refractivity contribution in [2.75, 3.05) is 12.4 Å². The molecule has 0 atom stereocenters. The molecule has 0 bridgehead atoms. The number of hydrogen-bond donors (Lipinski definition) is 2. The van der Waals surface area contributed by atoms with E-state index in [0.29, 0.717) is 5.71 Å². The Morgan fingerprint density at radius 3 is 2.77 bits per heavy atom. The Bertz CT molecular complexity index is 321. The molecule has 0 spiro atoms. The number of benzene rings is 1. The van der Waals surface area contributed by atoms with Crippen molar-refractivity contribution in [3.05, 3.63) is 28.2 Å². The molecule has 2 N–H and O–H groups in total. The fourth-order valence-electron chi connectivity index (χ4n) is 1.17. The quantitative estimate of drug-likeness (QED) is 0.783. The van der Waals surface area contributed by atoms with E-state index in [9.17, 15) is 0 Å². The normalized spacial score (nSPS) is 9.77. The van der Waals surface area contributed by atoms with Crippen LogP contribution in [0.15, 0.2) is 22.7 Å². The third-order valence-electron chi connectivity index (χ3n) is 1.93. The van der Waals surface area contributed by atoms with E-state index in [1.807, 2.05) is 32.2 Å². The van der Waals surface area contributed by atoms with Crippen LogP contribution in [-0.4, -0.2) is 12.8 Å². The maximum atomic E-state index is 7.76. The largest absolute Gasteiger partial charge is 0.388 e. The molecule has 0 aliphatic rings. The van der Waals surface area contributed by atoms with Gasteiger partial charge >= 0.3 is 0 Å². The Balaban J connectivity index is 3.15. The summed E-state index contributed by atoms with van der Waals surface area (Å²) in [4.78, 5) is 0. The first-order valence-electron chi connectivity index (χ1n) is 4.24. The Morgan fingerprint density at radius 2 is 2.23 bits per heavy atom. The third-order valence-corrected chi connectivity index (χ3v) is 2.42. The second-order valence-corrected chi connectivity index (χ2v) is 3.69. The smallest absolute Gasteiger partial charge is 0.0430 e. The molecular weight excluding hydrogens is 228 g/mol. The molecule has 0 fully saturated rings. The van der Waals surface area contributed by atoms with E-state index in [0.717, 1.165) is 22.1 Å². The minimum atomic E-state index is 0.658. The van der Waals surface area contributed by atoms with Crippen LogP contribution in [0.1, 0.15) is 18.9 Å². The lowest BCUT2D eigenvalue weighted by Gasteiger charge is -2.09. The van der Waals surface area contributed by atoms with Gasteiger partial charge in [-0.2, -0.15) is 0 Å². The van der Waals surface area contributed by atoms with Crippen molar-refractivity contribution in [2.24, 2.45) is 0 Å². The first kappa shape index (κ1) is 10.3. The van der Waals surface area contributed by atoms with Crippen molar-refractivity contribution < 1.29 is 0 Å². The SMILES string of the molecule is CCC(=N)c1cc(Br)ccc1NC. The fourth-order valence-corrected chi connectivity index (χ4v) is 1.54. The topological polar surface area (TPSA) is 35.9 Å². The first-order valence-corrected chi connectivity index (χ1v) is 5.03. The van der Waals surface area contributed by atoms with E-state index >= 15 is 0 Å². The molecule has 0 amide bonds. The number of anilines is 1. The molecule has 0 radical (unpaired) electrons. The van der Waals surface area contributed by atoms with Gasteiger partial charge in [0.1, 0.15) is 0 Å². The Hall–Kier alpha value is -0.830. The van der Waals surface area contributed by atoms with E-state index in [4.69, 9.17) is 5.41 Å². The van der Waals surface area contributed by atoms with Crippen molar-refractivity contribution in [1.82, 2.24) is 0 Å². The zero-order chi connectivity index (χ0) is 9.84. The summed E-state index contributed by atoms with van der Waals surface area (Å²) >= 11 is 3.40. The van der Waals surface area contributed by atoms with Gasteiger partial charge in [0.2, 0.25) is 0 Å². The minimum Gasteiger partial charge on any atom is -0.388 e. The van der Waals surface area contributed by atoms with E-state index in [1.54, 1.807) is 0 Å². The van der Waals surface area contributed by atoms with E-state index in [2.05, 4.69) is 21.2 Å². The standard InChI is InChI=1S/C10H13BrN2/c1-3-9(12)8-6-7(11)4-5-10(8)13-2/h4-6,12-13H,3H2,1-2H3. The number of nitrogens with one attached hydrogen (secondary N) is 2. The van der Waals surface area contributed by atoms with Gasteiger partial charge in [-0.15, -0.1) is 0 Å². The molecule has 0 saturated heterocycles. The van der Waals surface area contributed by atoms with Gasteiger partial charge in [-0.1, -0.05) is 22.9 Å². The molecular formula is C10H13BrN2. The zero-order valence-corrected chi connectivity index (χ0v) is 9.40. The molecule has 3 heteroatoms. The second kappa shape index (κ2) is 4.42. The maximum absolute atomic E-state index is 7.76. The minimum absolute atomic E-state index is 0.658. The highest BCUT2D eigenvalue weighted by Crippen LogP contribution is 2.21. The van der Waals surface area contributed by atoms with Crippen LogP contribution in [0.25, 0.3) is 0 Å². The molecule has 1 aromatic carbocycles. The monoisotopic (exact) mass is 240 g/mol. The summed E-state index contributed by atoms with van der Waals surface area (Å²) in [5.74, 6) is 0. The van der Waals surface area contributed by atoms with Crippen molar-refractivity contribution >= 4 is 27.3 Å². The fraction of sp³-hybridized carbons (Fsp3) is 0.300. The molecule has 1 rings (SSSR count). The lowest BCUT2D eigenvalue weighted by molar-refractivity contribution is 1.24. The van der Waals surface area contributed by atoms with Crippen LogP contribution in [0.4, 0.5) is 5.69 Å². The summed E-state index contributed by atoms with van der Waals surface area (Å²) in [5, 5.41) is 10.8. The van der Waals surface area contributed by atoms with Crippen LogP contribution >= 0.6 is 15.9 Å². The van der Waals surface area contributed by atoms with E-state index < -0.39 is 0 Å². The van der Waals surface area contributed by atoms with Gasteiger partial charge in [0.25, 0.3) is 0 Å². The van der Waals surface area contributed by atoms with E-state index in [-0.39, 0.29) is 0 Å². The molecule has 70 valence electrons. The highest BCUT2D eigenvalue weighted by molar-refractivity contribution is 9.10.